The lowest BCUT2D eigenvalue weighted by Gasteiger charge is -2.11. The predicted octanol–water partition coefficient (Wildman–Crippen LogP) is 5.45. The van der Waals surface area contributed by atoms with E-state index in [-0.39, 0.29) is 0 Å². The molecule has 0 atom stereocenters. The van der Waals surface area contributed by atoms with E-state index in [4.69, 9.17) is 16.3 Å². The second-order valence-electron chi connectivity index (χ2n) is 4.80. The average molecular weight is 299 g/mol. The van der Waals surface area contributed by atoms with Gasteiger partial charge in [-0.25, -0.2) is 0 Å². The molecule has 0 spiro atoms. The highest BCUT2D eigenvalue weighted by atomic mass is 35.5. The van der Waals surface area contributed by atoms with E-state index in [2.05, 4.69) is 45.9 Å². The maximum Gasteiger partial charge on any atom is 0.122 e. The van der Waals surface area contributed by atoms with Crippen molar-refractivity contribution < 1.29 is 4.74 Å². The van der Waals surface area contributed by atoms with Gasteiger partial charge in [0.15, 0.2) is 0 Å². The van der Waals surface area contributed by atoms with Crippen LogP contribution in [0.5, 0.6) is 5.75 Å². The molecule has 0 aromatic heterocycles. The fourth-order valence-corrected chi connectivity index (χ4v) is 3.20. The van der Waals surface area contributed by atoms with Crippen molar-refractivity contribution in [2.75, 3.05) is 18.2 Å². The minimum absolute atomic E-state index is 0.617. The number of thioether (sulfide) groups is 1. The van der Waals surface area contributed by atoms with E-state index >= 15 is 0 Å². The molecule has 0 fully saturated rings. The summed E-state index contributed by atoms with van der Waals surface area (Å²) in [6, 6.07) is 6.38. The van der Waals surface area contributed by atoms with Gasteiger partial charge in [0, 0.05) is 16.5 Å². The molecule has 1 aromatic carbocycles. The van der Waals surface area contributed by atoms with Crippen LogP contribution in [0.4, 0.5) is 0 Å². The number of halogens is 1. The van der Waals surface area contributed by atoms with Crippen LogP contribution in [-0.4, -0.2) is 18.2 Å². The number of benzene rings is 1. The molecule has 3 heteroatoms. The summed E-state index contributed by atoms with van der Waals surface area (Å²) >= 11 is 7.78. The zero-order valence-electron chi connectivity index (χ0n) is 12.3. The van der Waals surface area contributed by atoms with Gasteiger partial charge in [0.25, 0.3) is 0 Å². The summed E-state index contributed by atoms with van der Waals surface area (Å²) in [5, 5.41) is 0. The van der Waals surface area contributed by atoms with Gasteiger partial charge in [-0.15, -0.1) is 23.4 Å². The van der Waals surface area contributed by atoms with Crippen LogP contribution in [0.1, 0.15) is 32.8 Å². The Balaban J connectivity index is 2.66. The molecule has 0 aliphatic rings. The third kappa shape index (κ3) is 5.50. The molecule has 0 heterocycles. The number of alkyl halides is 1. The standard InChI is InChI=1S/C16H23ClOS/c1-5-8-18-16-7-6-15(9-13(16)4)19-11-14(10-17)12(2)3/h6-7,9H,5,8,10-11H2,1-4H3. The Morgan fingerprint density at radius 2 is 2.05 bits per heavy atom. The normalized spacial score (nSPS) is 10.4. The van der Waals surface area contributed by atoms with Crippen molar-refractivity contribution in [3.8, 4) is 5.75 Å². The van der Waals surface area contributed by atoms with Crippen molar-refractivity contribution >= 4 is 23.4 Å². The number of ether oxygens (including phenoxy) is 1. The molecule has 0 unspecified atom stereocenters. The smallest absolute Gasteiger partial charge is 0.122 e. The van der Waals surface area contributed by atoms with Gasteiger partial charge in [0.05, 0.1) is 6.61 Å². The molecular weight excluding hydrogens is 276 g/mol. The quantitative estimate of drug-likeness (QED) is 0.376. The van der Waals surface area contributed by atoms with Gasteiger partial charge in [-0.2, -0.15) is 0 Å². The van der Waals surface area contributed by atoms with Crippen molar-refractivity contribution in [1.82, 2.24) is 0 Å². The van der Waals surface area contributed by atoms with Crippen LogP contribution in [0.2, 0.25) is 0 Å². The lowest BCUT2D eigenvalue weighted by atomic mass is 10.2. The zero-order chi connectivity index (χ0) is 14.3. The summed E-state index contributed by atoms with van der Waals surface area (Å²) in [6.45, 7) is 9.23. The average Bonchev–Trinajstić information content (AvgIpc) is 2.38. The summed E-state index contributed by atoms with van der Waals surface area (Å²) < 4.78 is 5.69. The van der Waals surface area contributed by atoms with Gasteiger partial charge >= 0.3 is 0 Å². The highest BCUT2D eigenvalue weighted by Crippen LogP contribution is 2.27. The number of hydrogen-bond acceptors (Lipinski definition) is 2. The molecule has 0 radical (unpaired) electrons. The summed E-state index contributed by atoms with van der Waals surface area (Å²) in [5.74, 6) is 2.57. The van der Waals surface area contributed by atoms with E-state index in [0.717, 1.165) is 24.5 Å². The molecule has 1 nitrogen and oxygen atoms in total. The van der Waals surface area contributed by atoms with Crippen molar-refractivity contribution in [3.05, 3.63) is 34.9 Å². The third-order valence-corrected chi connectivity index (χ3v) is 4.29. The van der Waals surface area contributed by atoms with Gasteiger partial charge in [-0.3, -0.25) is 0 Å². The molecule has 1 aromatic rings. The highest BCUT2D eigenvalue weighted by Gasteiger charge is 2.04. The number of allylic oxidation sites excluding steroid dienone is 1. The van der Waals surface area contributed by atoms with E-state index in [1.54, 1.807) is 0 Å². The first-order chi connectivity index (χ1) is 9.08. The Hall–Kier alpha value is -0.600. The van der Waals surface area contributed by atoms with Crippen LogP contribution in [0.25, 0.3) is 0 Å². The molecule has 0 aliphatic heterocycles. The maximum atomic E-state index is 5.95. The van der Waals surface area contributed by atoms with Crippen molar-refractivity contribution in [3.63, 3.8) is 0 Å². The number of rotatable bonds is 7. The molecule has 0 N–H and O–H groups in total. The monoisotopic (exact) mass is 298 g/mol. The Kier molecular flexibility index (Phi) is 7.40. The van der Waals surface area contributed by atoms with E-state index in [0.29, 0.717) is 5.88 Å². The second kappa shape index (κ2) is 8.55. The molecule has 0 saturated heterocycles. The van der Waals surface area contributed by atoms with Gasteiger partial charge in [0.2, 0.25) is 0 Å². The van der Waals surface area contributed by atoms with Crippen LogP contribution in [-0.2, 0) is 0 Å². The summed E-state index contributed by atoms with van der Waals surface area (Å²) in [7, 11) is 0. The van der Waals surface area contributed by atoms with Gasteiger partial charge in [-0.1, -0.05) is 12.5 Å². The molecule has 0 saturated carbocycles. The molecule has 1 rings (SSSR count). The second-order valence-corrected chi connectivity index (χ2v) is 6.12. The minimum Gasteiger partial charge on any atom is -0.493 e. The Labute approximate surface area is 126 Å². The molecule has 19 heavy (non-hydrogen) atoms. The molecule has 0 bridgehead atoms. The Morgan fingerprint density at radius 1 is 1.32 bits per heavy atom. The van der Waals surface area contributed by atoms with E-state index in [9.17, 15) is 0 Å². The first-order valence-corrected chi connectivity index (χ1v) is 8.18. The van der Waals surface area contributed by atoms with Crippen LogP contribution >= 0.6 is 23.4 Å². The predicted molar refractivity (Wildman–Crippen MR) is 86.8 cm³/mol. The van der Waals surface area contributed by atoms with Crippen LogP contribution in [0.3, 0.4) is 0 Å². The Bertz CT molecular complexity index is 436. The number of hydrogen-bond donors (Lipinski definition) is 0. The van der Waals surface area contributed by atoms with Crippen LogP contribution < -0.4 is 4.74 Å². The third-order valence-electron chi connectivity index (χ3n) is 2.89. The largest absolute Gasteiger partial charge is 0.493 e. The lowest BCUT2D eigenvalue weighted by molar-refractivity contribution is 0.315. The lowest BCUT2D eigenvalue weighted by Crippen LogP contribution is -1.97. The number of aryl methyl sites for hydroxylation is 1. The zero-order valence-corrected chi connectivity index (χ0v) is 13.8. The van der Waals surface area contributed by atoms with Gasteiger partial charge in [0.1, 0.15) is 5.75 Å². The fraction of sp³-hybridized carbons (Fsp3) is 0.500. The summed E-state index contributed by atoms with van der Waals surface area (Å²) in [6.07, 6.45) is 1.04. The van der Waals surface area contributed by atoms with Crippen molar-refractivity contribution in [2.45, 2.75) is 39.0 Å². The van der Waals surface area contributed by atoms with Crippen LogP contribution in [0, 0.1) is 6.92 Å². The minimum atomic E-state index is 0.617. The van der Waals surface area contributed by atoms with E-state index in [1.807, 2.05) is 11.8 Å². The van der Waals surface area contributed by atoms with Gasteiger partial charge < -0.3 is 4.74 Å². The SMILES string of the molecule is CCCOc1ccc(SCC(CCl)=C(C)C)cc1C. The first kappa shape index (κ1) is 16.5. The Morgan fingerprint density at radius 3 is 2.58 bits per heavy atom. The first-order valence-electron chi connectivity index (χ1n) is 6.66. The van der Waals surface area contributed by atoms with Crippen LogP contribution in [0.15, 0.2) is 34.2 Å². The summed E-state index contributed by atoms with van der Waals surface area (Å²) in [4.78, 5) is 1.27. The topological polar surface area (TPSA) is 9.23 Å². The van der Waals surface area contributed by atoms with E-state index in [1.165, 1.54) is 21.6 Å². The van der Waals surface area contributed by atoms with E-state index < -0.39 is 0 Å². The molecule has 0 aliphatic carbocycles. The molecule has 106 valence electrons. The van der Waals surface area contributed by atoms with Crippen molar-refractivity contribution in [2.24, 2.45) is 0 Å². The van der Waals surface area contributed by atoms with Gasteiger partial charge in [-0.05, 0) is 56.5 Å². The highest BCUT2D eigenvalue weighted by molar-refractivity contribution is 7.99. The van der Waals surface area contributed by atoms with Crippen molar-refractivity contribution in [1.29, 1.82) is 0 Å². The molecule has 0 amide bonds. The maximum absolute atomic E-state index is 5.95. The fourth-order valence-electron chi connectivity index (χ4n) is 1.57. The molecular formula is C16H23ClOS. The summed E-state index contributed by atoms with van der Waals surface area (Å²) in [5.41, 5.74) is 3.83.